The largest absolute Gasteiger partial charge is 0.354 e. The molecule has 8 heteroatoms. The summed E-state index contributed by atoms with van der Waals surface area (Å²) in [5.41, 5.74) is -0.250. The Hall–Kier alpha value is -3.55. The van der Waals surface area contributed by atoms with Gasteiger partial charge in [0.15, 0.2) is 0 Å². The highest BCUT2D eigenvalue weighted by molar-refractivity contribution is 5.83. The molecule has 0 saturated heterocycles. The first-order valence-electron chi connectivity index (χ1n) is 9.36. The zero-order valence-corrected chi connectivity index (χ0v) is 16.4. The van der Waals surface area contributed by atoms with Crippen LogP contribution < -0.4 is 16.4 Å². The van der Waals surface area contributed by atoms with Crippen molar-refractivity contribution < 1.29 is 4.79 Å². The first kappa shape index (κ1) is 20.2. The lowest BCUT2D eigenvalue weighted by Gasteiger charge is -2.25. The van der Waals surface area contributed by atoms with E-state index >= 15 is 0 Å². The van der Waals surface area contributed by atoms with Crippen molar-refractivity contribution in [2.24, 2.45) is 0 Å². The van der Waals surface area contributed by atoms with Gasteiger partial charge in [0.1, 0.15) is 5.54 Å². The maximum absolute atomic E-state index is 12.7. The number of carbonyl (C=O) groups is 1. The van der Waals surface area contributed by atoms with Crippen molar-refractivity contribution in [1.82, 2.24) is 24.9 Å². The third-order valence-electron chi connectivity index (χ3n) is 4.57. The smallest absolute Gasteiger partial charge is 0.267 e. The number of hydrogen-bond acceptors (Lipinski definition) is 5. The van der Waals surface area contributed by atoms with Gasteiger partial charge in [0, 0.05) is 37.0 Å². The Morgan fingerprint density at radius 1 is 1.00 bits per heavy atom. The molecule has 3 aromatic rings. The van der Waals surface area contributed by atoms with E-state index in [1.807, 2.05) is 30.3 Å². The monoisotopic (exact) mass is 393 g/mol. The van der Waals surface area contributed by atoms with Gasteiger partial charge in [-0.1, -0.05) is 30.3 Å². The summed E-state index contributed by atoms with van der Waals surface area (Å²) in [6, 6.07) is 15.5. The highest BCUT2D eigenvalue weighted by atomic mass is 16.2. The van der Waals surface area contributed by atoms with E-state index in [0.29, 0.717) is 25.2 Å². The Balaban J connectivity index is 1.69. The van der Waals surface area contributed by atoms with Crippen LogP contribution in [0.15, 0.2) is 70.4 Å². The summed E-state index contributed by atoms with van der Waals surface area (Å²) in [7, 11) is 0. The molecule has 0 fully saturated rings. The van der Waals surface area contributed by atoms with Gasteiger partial charge in [0.05, 0.1) is 5.69 Å². The van der Waals surface area contributed by atoms with Crippen LogP contribution in [0, 0.1) is 0 Å². The van der Waals surface area contributed by atoms with Crippen molar-refractivity contribution in [3.05, 3.63) is 81.5 Å². The Morgan fingerprint density at radius 2 is 1.76 bits per heavy atom. The molecule has 1 N–H and O–H groups in total. The van der Waals surface area contributed by atoms with Crippen molar-refractivity contribution in [1.29, 1.82) is 0 Å². The summed E-state index contributed by atoms with van der Waals surface area (Å²) in [4.78, 5) is 36.8. The quantitative estimate of drug-likeness (QED) is 0.612. The number of nitrogens with zero attached hydrogens (tertiary/aromatic N) is 4. The van der Waals surface area contributed by atoms with Crippen molar-refractivity contribution in [3.63, 3.8) is 0 Å². The molecule has 1 aromatic carbocycles. The molecular formula is C21H23N5O3. The van der Waals surface area contributed by atoms with Crippen molar-refractivity contribution in [2.75, 3.05) is 6.54 Å². The fourth-order valence-corrected chi connectivity index (χ4v) is 2.87. The first-order chi connectivity index (χ1) is 13.9. The van der Waals surface area contributed by atoms with Gasteiger partial charge in [-0.3, -0.25) is 14.4 Å². The summed E-state index contributed by atoms with van der Waals surface area (Å²) < 4.78 is 2.54. The lowest BCUT2D eigenvalue weighted by atomic mass is 10.0. The normalized spacial score (nSPS) is 11.2. The Kier molecular flexibility index (Phi) is 6.01. The van der Waals surface area contributed by atoms with Gasteiger partial charge in [-0.2, -0.15) is 10.2 Å². The summed E-state index contributed by atoms with van der Waals surface area (Å²) in [5.74, 6) is -0.328. The van der Waals surface area contributed by atoms with Gasteiger partial charge in [-0.05, 0) is 32.4 Å². The van der Waals surface area contributed by atoms with Crippen LogP contribution in [0.25, 0.3) is 11.3 Å². The topological polar surface area (TPSA) is 98.9 Å². The molecule has 0 aliphatic carbocycles. The van der Waals surface area contributed by atoms with Crippen LogP contribution in [0.3, 0.4) is 0 Å². The minimum absolute atomic E-state index is 0.187. The number of rotatable bonds is 7. The van der Waals surface area contributed by atoms with Crippen molar-refractivity contribution >= 4 is 5.91 Å². The van der Waals surface area contributed by atoms with Crippen LogP contribution >= 0.6 is 0 Å². The van der Waals surface area contributed by atoms with Crippen LogP contribution in [0.4, 0.5) is 0 Å². The van der Waals surface area contributed by atoms with Crippen LogP contribution in [-0.4, -0.2) is 32.0 Å². The predicted molar refractivity (Wildman–Crippen MR) is 109 cm³/mol. The van der Waals surface area contributed by atoms with Gasteiger partial charge < -0.3 is 5.32 Å². The van der Waals surface area contributed by atoms with Gasteiger partial charge >= 0.3 is 0 Å². The second-order valence-electron chi connectivity index (χ2n) is 7.09. The van der Waals surface area contributed by atoms with E-state index in [1.165, 1.54) is 21.5 Å². The Labute approximate surface area is 167 Å². The summed E-state index contributed by atoms with van der Waals surface area (Å²) in [5, 5.41) is 11.2. The molecule has 2 aromatic heterocycles. The molecule has 8 nitrogen and oxygen atoms in total. The molecule has 0 saturated carbocycles. The molecule has 0 aliphatic rings. The summed E-state index contributed by atoms with van der Waals surface area (Å²) >= 11 is 0. The molecule has 0 atom stereocenters. The number of amides is 1. The lowest BCUT2D eigenvalue weighted by molar-refractivity contribution is -0.129. The molecule has 0 aliphatic heterocycles. The molecule has 0 spiro atoms. The fourth-order valence-electron chi connectivity index (χ4n) is 2.87. The highest BCUT2D eigenvalue weighted by Crippen LogP contribution is 2.17. The van der Waals surface area contributed by atoms with E-state index in [2.05, 4.69) is 15.5 Å². The molecule has 0 bridgehead atoms. The number of benzene rings is 1. The van der Waals surface area contributed by atoms with E-state index in [0.717, 1.165) is 5.56 Å². The van der Waals surface area contributed by atoms with Crippen molar-refractivity contribution in [3.8, 4) is 11.3 Å². The molecule has 3 rings (SSSR count). The maximum Gasteiger partial charge on any atom is 0.267 e. The highest BCUT2D eigenvalue weighted by Gasteiger charge is 2.31. The Bertz CT molecular complexity index is 1100. The lowest BCUT2D eigenvalue weighted by Crippen LogP contribution is -2.50. The summed E-state index contributed by atoms with van der Waals surface area (Å²) in [6.45, 7) is 4.03. The molecule has 29 heavy (non-hydrogen) atoms. The minimum atomic E-state index is -1.18. The zero-order chi connectivity index (χ0) is 20.9. The number of aromatic nitrogens is 4. The number of carbonyl (C=O) groups excluding carboxylic acids is 1. The third kappa shape index (κ3) is 4.66. The van der Waals surface area contributed by atoms with Gasteiger partial charge in [-0.25, -0.2) is 9.36 Å². The van der Waals surface area contributed by atoms with Crippen LogP contribution in [0.5, 0.6) is 0 Å². The number of aryl methyl sites for hydroxylation is 1. The SMILES string of the molecule is CC(C)(C(=O)NCCCn1ncccc1=O)n1nc(-c2ccccc2)ccc1=O. The standard InChI is InChI=1S/C21H23N5O3/c1-21(2,20(29)22-13-7-15-25-18(27)10-6-14-23-25)26-19(28)12-11-17(24-26)16-8-4-3-5-9-16/h3-6,8-12,14H,7,13,15H2,1-2H3,(H,22,29). The van der Waals surface area contributed by atoms with Crippen molar-refractivity contribution in [2.45, 2.75) is 32.4 Å². The first-order valence-corrected chi connectivity index (χ1v) is 9.36. The van der Waals surface area contributed by atoms with Gasteiger partial charge in [-0.15, -0.1) is 0 Å². The molecular weight excluding hydrogens is 370 g/mol. The van der Waals surface area contributed by atoms with Gasteiger partial charge in [0.2, 0.25) is 5.91 Å². The summed E-state index contributed by atoms with van der Waals surface area (Å²) in [6.07, 6.45) is 2.08. The predicted octanol–water partition coefficient (Wildman–Crippen LogP) is 1.41. The maximum atomic E-state index is 12.7. The number of nitrogens with one attached hydrogen (secondary N) is 1. The van der Waals surface area contributed by atoms with E-state index in [9.17, 15) is 14.4 Å². The second-order valence-corrected chi connectivity index (χ2v) is 7.09. The third-order valence-corrected chi connectivity index (χ3v) is 4.57. The van der Waals surface area contributed by atoms with Crippen LogP contribution in [0.2, 0.25) is 0 Å². The fraction of sp³-hybridized carbons (Fsp3) is 0.286. The Morgan fingerprint density at radius 3 is 2.48 bits per heavy atom. The van der Waals surface area contributed by atoms with Gasteiger partial charge in [0.25, 0.3) is 11.1 Å². The average Bonchev–Trinajstić information content (AvgIpc) is 2.73. The van der Waals surface area contributed by atoms with E-state index in [1.54, 1.807) is 32.2 Å². The molecule has 1 amide bonds. The van der Waals surface area contributed by atoms with Crippen LogP contribution in [0.1, 0.15) is 20.3 Å². The zero-order valence-electron chi connectivity index (χ0n) is 16.4. The number of hydrogen-bond donors (Lipinski definition) is 1. The minimum Gasteiger partial charge on any atom is -0.354 e. The molecule has 150 valence electrons. The van der Waals surface area contributed by atoms with Crippen LogP contribution in [-0.2, 0) is 16.9 Å². The van der Waals surface area contributed by atoms with E-state index in [4.69, 9.17) is 0 Å². The van der Waals surface area contributed by atoms with E-state index in [-0.39, 0.29) is 17.0 Å². The van der Waals surface area contributed by atoms with E-state index < -0.39 is 5.54 Å². The average molecular weight is 393 g/mol. The molecule has 0 radical (unpaired) electrons. The molecule has 2 heterocycles. The second kappa shape index (κ2) is 8.64. The molecule has 0 unspecified atom stereocenters.